The van der Waals surface area contributed by atoms with E-state index in [4.69, 9.17) is 5.73 Å². The van der Waals surface area contributed by atoms with Crippen molar-refractivity contribution in [2.24, 2.45) is 5.41 Å². The molecule has 0 aliphatic heterocycles. The number of rotatable bonds is 3. The van der Waals surface area contributed by atoms with Crippen LogP contribution in [0.15, 0.2) is 31.0 Å². The lowest BCUT2D eigenvalue weighted by molar-refractivity contribution is 0.216. The predicted octanol–water partition coefficient (Wildman–Crippen LogP) is 3.70. The fraction of sp³-hybridized carbons (Fsp3) is 0.500. The fourth-order valence-corrected chi connectivity index (χ4v) is 2.98. The first-order chi connectivity index (χ1) is 9.21. The van der Waals surface area contributed by atoms with E-state index >= 15 is 0 Å². The molecule has 0 amide bonds. The molecule has 2 N–H and O–H groups in total. The lowest BCUT2D eigenvalue weighted by Gasteiger charge is -2.35. The van der Waals surface area contributed by atoms with Gasteiger partial charge in [0, 0.05) is 29.2 Å². The average molecular weight is 272 g/mol. The van der Waals surface area contributed by atoms with Gasteiger partial charge in [-0.15, -0.1) is 0 Å². The molecule has 0 fully saturated rings. The summed E-state index contributed by atoms with van der Waals surface area (Å²) in [6, 6.07) is 1.82. The van der Waals surface area contributed by atoms with Crippen LogP contribution in [-0.4, -0.2) is 14.5 Å². The Bertz CT molecular complexity index is 591. The van der Waals surface area contributed by atoms with Gasteiger partial charge in [0.1, 0.15) is 0 Å². The number of hydrogen-bond acceptors (Lipinski definition) is 3. The van der Waals surface area contributed by atoms with Gasteiger partial charge in [-0.1, -0.05) is 20.8 Å². The molecule has 4 heteroatoms. The molecule has 2 aromatic heterocycles. The molecule has 20 heavy (non-hydrogen) atoms. The van der Waals surface area contributed by atoms with Crippen molar-refractivity contribution in [3.8, 4) is 11.3 Å². The quantitative estimate of drug-likeness (QED) is 0.927. The van der Waals surface area contributed by atoms with Crippen LogP contribution in [0.25, 0.3) is 11.3 Å². The van der Waals surface area contributed by atoms with Gasteiger partial charge in [0.2, 0.25) is 0 Å². The van der Waals surface area contributed by atoms with Gasteiger partial charge >= 0.3 is 0 Å². The Balaban J connectivity index is 2.46. The topological polar surface area (TPSA) is 56.7 Å². The molecule has 0 saturated carbocycles. The van der Waals surface area contributed by atoms with Crippen LogP contribution in [0.5, 0.6) is 0 Å². The Labute approximate surface area is 121 Å². The molecule has 2 heterocycles. The number of nitrogen functional groups attached to an aromatic ring is 1. The second kappa shape index (κ2) is 4.93. The van der Waals surface area contributed by atoms with E-state index in [0.29, 0.717) is 0 Å². The van der Waals surface area contributed by atoms with Crippen molar-refractivity contribution in [2.45, 2.75) is 46.6 Å². The third kappa shape index (κ3) is 3.00. The largest absolute Gasteiger partial charge is 0.398 e. The molecule has 0 atom stereocenters. The summed E-state index contributed by atoms with van der Waals surface area (Å²) >= 11 is 0. The summed E-state index contributed by atoms with van der Waals surface area (Å²) in [7, 11) is 0. The van der Waals surface area contributed by atoms with Crippen molar-refractivity contribution in [1.82, 2.24) is 14.5 Å². The molecular formula is C16H24N4. The smallest absolute Gasteiger partial charge is 0.0956 e. The molecule has 0 unspecified atom stereocenters. The zero-order chi connectivity index (χ0) is 15.0. The minimum Gasteiger partial charge on any atom is -0.398 e. The van der Waals surface area contributed by atoms with Crippen molar-refractivity contribution in [2.75, 3.05) is 5.73 Å². The van der Waals surface area contributed by atoms with Crippen molar-refractivity contribution >= 4 is 5.69 Å². The summed E-state index contributed by atoms with van der Waals surface area (Å²) in [5.41, 5.74) is 8.96. The van der Waals surface area contributed by atoms with Crippen molar-refractivity contribution in [3.05, 3.63) is 31.0 Å². The third-order valence-corrected chi connectivity index (χ3v) is 3.38. The number of aromatic nitrogens is 3. The second-order valence-electron chi connectivity index (χ2n) is 7.16. The number of nitrogens with two attached hydrogens (primary N) is 1. The van der Waals surface area contributed by atoms with E-state index in [9.17, 15) is 0 Å². The van der Waals surface area contributed by atoms with Crippen LogP contribution in [0.1, 0.15) is 41.0 Å². The molecule has 4 nitrogen and oxygen atoms in total. The zero-order valence-electron chi connectivity index (χ0n) is 13.0. The highest BCUT2D eigenvalue weighted by Gasteiger charge is 2.29. The normalized spacial score (nSPS) is 12.7. The van der Waals surface area contributed by atoms with Crippen LogP contribution in [0.4, 0.5) is 5.69 Å². The summed E-state index contributed by atoms with van der Waals surface area (Å²) in [5, 5.41) is 0. The van der Waals surface area contributed by atoms with Gasteiger partial charge in [-0.05, 0) is 31.7 Å². The number of anilines is 1. The van der Waals surface area contributed by atoms with E-state index < -0.39 is 0 Å². The van der Waals surface area contributed by atoms with E-state index in [0.717, 1.165) is 23.4 Å². The van der Waals surface area contributed by atoms with Crippen molar-refractivity contribution < 1.29 is 0 Å². The first-order valence-electron chi connectivity index (χ1n) is 6.93. The van der Waals surface area contributed by atoms with E-state index in [1.54, 1.807) is 12.4 Å². The molecule has 2 rings (SSSR count). The van der Waals surface area contributed by atoms with Gasteiger partial charge in [0.25, 0.3) is 0 Å². The highest BCUT2D eigenvalue weighted by atomic mass is 15.1. The Morgan fingerprint density at radius 1 is 1.10 bits per heavy atom. The molecule has 0 radical (unpaired) electrons. The zero-order valence-corrected chi connectivity index (χ0v) is 13.0. The van der Waals surface area contributed by atoms with Crippen molar-refractivity contribution in [1.29, 1.82) is 0 Å². The predicted molar refractivity (Wildman–Crippen MR) is 83.3 cm³/mol. The van der Waals surface area contributed by atoms with Crippen LogP contribution < -0.4 is 5.73 Å². The highest BCUT2D eigenvalue weighted by molar-refractivity contribution is 5.72. The Hall–Kier alpha value is -1.84. The van der Waals surface area contributed by atoms with E-state index in [1.165, 1.54) is 0 Å². The van der Waals surface area contributed by atoms with Gasteiger partial charge in [0.15, 0.2) is 0 Å². The minimum atomic E-state index is -0.0354. The Kier molecular flexibility index (Phi) is 3.59. The number of imidazole rings is 1. The van der Waals surface area contributed by atoms with Crippen LogP contribution in [0.2, 0.25) is 0 Å². The van der Waals surface area contributed by atoms with Crippen LogP contribution in [0.3, 0.4) is 0 Å². The molecule has 2 aromatic rings. The van der Waals surface area contributed by atoms with Crippen LogP contribution >= 0.6 is 0 Å². The molecule has 0 aliphatic rings. The van der Waals surface area contributed by atoms with Crippen molar-refractivity contribution in [3.63, 3.8) is 0 Å². The van der Waals surface area contributed by atoms with Gasteiger partial charge < -0.3 is 10.3 Å². The first-order valence-corrected chi connectivity index (χ1v) is 6.93. The third-order valence-electron chi connectivity index (χ3n) is 3.38. The van der Waals surface area contributed by atoms with E-state index in [2.05, 4.69) is 49.2 Å². The fourth-order valence-electron chi connectivity index (χ4n) is 2.98. The van der Waals surface area contributed by atoms with E-state index in [1.807, 2.05) is 18.6 Å². The molecule has 0 spiro atoms. The standard InChI is InChI=1S/C16H24N4/c1-15(2,3)10-16(4,5)20-11-19-9-14(20)12-8-18-7-6-13(12)17/h6-9,11H,10H2,1-5H3,(H2,17,18). The summed E-state index contributed by atoms with van der Waals surface area (Å²) in [4.78, 5) is 8.49. The highest BCUT2D eigenvalue weighted by Crippen LogP contribution is 2.36. The Morgan fingerprint density at radius 3 is 2.40 bits per heavy atom. The van der Waals surface area contributed by atoms with Crippen LogP contribution in [0, 0.1) is 5.41 Å². The minimum absolute atomic E-state index is 0.0354. The summed E-state index contributed by atoms with van der Waals surface area (Å²) in [6.07, 6.45) is 8.30. The number of hydrogen-bond donors (Lipinski definition) is 1. The summed E-state index contributed by atoms with van der Waals surface area (Å²) in [5.74, 6) is 0. The molecule has 0 bridgehead atoms. The molecule has 0 saturated heterocycles. The Morgan fingerprint density at radius 2 is 1.80 bits per heavy atom. The maximum atomic E-state index is 6.07. The summed E-state index contributed by atoms with van der Waals surface area (Å²) in [6.45, 7) is 11.2. The van der Waals surface area contributed by atoms with Gasteiger partial charge in [-0.25, -0.2) is 4.98 Å². The van der Waals surface area contributed by atoms with Crippen LogP contribution in [-0.2, 0) is 5.54 Å². The molecule has 0 aromatic carbocycles. The van der Waals surface area contributed by atoms with E-state index in [-0.39, 0.29) is 11.0 Å². The van der Waals surface area contributed by atoms with Gasteiger partial charge in [-0.3, -0.25) is 4.98 Å². The monoisotopic (exact) mass is 272 g/mol. The van der Waals surface area contributed by atoms with Gasteiger partial charge in [-0.2, -0.15) is 0 Å². The lowest BCUT2D eigenvalue weighted by Crippen LogP contribution is -2.31. The lowest BCUT2D eigenvalue weighted by atomic mass is 9.81. The molecule has 108 valence electrons. The average Bonchev–Trinajstić information content (AvgIpc) is 2.75. The maximum Gasteiger partial charge on any atom is 0.0956 e. The van der Waals surface area contributed by atoms with Gasteiger partial charge in [0.05, 0.1) is 18.2 Å². The first kappa shape index (κ1) is 14.6. The maximum absolute atomic E-state index is 6.07. The second-order valence-corrected chi connectivity index (χ2v) is 7.16. The SMILES string of the molecule is CC(C)(C)CC(C)(C)n1cncc1-c1cnccc1N. The number of pyridine rings is 1. The molecular weight excluding hydrogens is 248 g/mol. The molecule has 0 aliphatic carbocycles. The number of nitrogens with zero attached hydrogens (tertiary/aromatic N) is 3. The summed E-state index contributed by atoms with van der Waals surface area (Å²) < 4.78 is 2.20.